The normalized spacial score (nSPS) is 20.0. The summed E-state index contributed by atoms with van der Waals surface area (Å²) in [6, 6.07) is 7.63. The first-order chi connectivity index (χ1) is 15.1. The quantitative estimate of drug-likeness (QED) is 0.649. The fraction of sp³-hybridized carbons (Fsp3) is 0.318. The molecule has 1 aliphatic heterocycles. The Labute approximate surface area is 183 Å². The second kappa shape index (κ2) is 7.73. The summed E-state index contributed by atoms with van der Waals surface area (Å²) in [5.74, 6) is 2.43. The number of carbonyl (C=O) groups excluding carboxylic acids is 1. The molecular weight excluding hydrogens is 416 g/mol. The van der Waals surface area contributed by atoms with Gasteiger partial charge in [-0.3, -0.25) is 4.79 Å². The maximum absolute atomic E-state index is 13.4. The molecule has 3 heterocycles. The Kier molecular flexibility index (Phi) is 4.90. The lowest BCUT2D eigenvalue weighted by Crippen LogP contribution is -2.33. The minimum absolute atomic E-state index is 0.0223. The van der Waals surface area contributed by atoms with E-state index >= 15 is 0 Å². The largest absolute Gasteiger partial charge is 0.493 e. The molecule has 2 aromatic heterocycles. The van der Waals surface area contributed by atoms with E-state index in [2.05, 4.69) is 15.4 Å². The number of hydrogen-bond acceptors (Lipinski definition) is 8. The van der Waals surface area contributed by atoms with Crippen molar-refractivity contribution < 1.29 is 19.0 Å². The number of methoxy groups -OCH3 is 3. The summed E-state index contributed by atoms with van der Waals surface area (Å²) in [7, 11) is 4.76. The minimum atomic E-state index is -0.248. The molecule has 8 nitrogen and oxygen atoms in total. The van der Waals surface area contributed by atoms with E-state index in [1.165, 1.54) is 6.33 Å². The summed E-state index contributed by atoms with van der Waals surface area (Å²) in [6.07, 6.45) is 2.59. The third kappa shape index (κ3) is 3.16. The van der Waals surface area contributed by atoms with Gasteiger partial charge in [-0.2, -0.15) is 10.1 Å². The molecule has 0 fully saturated rings. The van der Waals surface area contributed by atoms with Gasteiger partial charge in [-0.25, -0.2) is 4.68 Å². The van der Waals surface area contributed by atoms with Crippen LogP contribution in [0.1, 0.15) is 35.2 Å². The number of ether oxygens (including phenoxy) is 3. The molecule has 2 aliphatic rings. The van der Waals surface area contributed by atoms with E-state index in [1.54, 1.807) is 37.3 Å². The standard InChI is InChI=1S/C22H22N4O4S/c1-28-16-9-13(10-17(29-2)21(16)30-3)12-7-14-19(15(27)8-12)20(18-5-4-6-31-18)26-22(25-14)23-11-24-26/h4-6,9-12,20H,7-8H2,1-3H3,(H,23,24,25)/t12-,20+/m1/s1. The fourth-order valence-corrected chi connectivity index (χ4v) is 5.25. The van der Waals surface area contributed by atoms with Crippen LogP contribution in [0.4, 0.5) is 5.95 Å². The van der Waals surface area contributed by atoms with Gasteiger partial charge in [0.2, 0.25) is 11.7 Å². The van der Waals surface area contributed by atoms with Crippen molar-refractivity contribution in [3.8, 4) is 17.2 Å². The van der Waals surface area contributed by atoms with E-state index in [9.17, 15) is 4.79 Å². The molecule has 0 radical (unpaired) electrons. The molecule has 2 atom stereocenters. The molecule has 0 unspecified atom stereocenters. The van der Waals surface area contributed by atoms with E-state index in [4.69, 9.17) is 14.2 Å². The summed E-state index contributed by atoms with van der Waals surface area (Å²) < 4.78 is 18.2. The molecule has 160 valence electrons. The highest BCUT2D eigenvalue weighted by molar-refractivity contribution is 7.10. The highest BCUT2D eigenvalue weighted by atomic mass is 32.1. The van der Waals surface area contributed by atoms with Gasteiger partial charge >= 0.3 is 0 Å². The van der Waals surface area contributed by atoms with Crippen LogP contribution in [0.2, 0.25) is 0 Å². The molecule has 1 N–H and O–H groups in total. The number of nitrogens with one attached hydrogen (secondary N) is 1. The Morgan fingerprint density at radius 3 is 2.55 bits per heavy atom. The first kappa shape index (κ1) is 19.6. The number of benzene rings is 1. The van der Waals surface area contributed by atoms with Gasteiger partial charge in [0.15, 0.2) is 17.3 Å². The Morgan fingerprint density at radius 2 is 1.90 bits per heavy atom. The van der Waals surface area contributed by atoms with Gasteiger partial charge in [0.05, 0.1) is 21.3 Å². The zero-order valence-corrected chi connectivity index (χ0v) is 18.2. The number of ketones is 1. The first-order valence-electron chi connectivity index (χ1n) is 9.90. The Balaban J connectivity index is 1.56. The second-order valence-electron chi connectivity index (χ2n) is 7.45. The Morgan fingerprint density at radius 1 is 1.13 bits per heavy atom. The summed E-state index contributed by atoms with van der Waals surface area (Å²) in [5, 5.41) is 9.74. The zero-order valence-electron chi connectivity index (χ0n) is 17.4. The number of fused-ring (bicyclic) bond motifs is 1. The van der Waals surface area contributed by atoms with Crippen LogP contribution >= 0.6 is 11.3 Å². The SMILES string of the molecule is COc1cc([C@H]2CC(=O)C3=C(C2)Nc2ncnn2[C@H]3c2cccs2)cc(OC)c1OC. The van der Waals surface area contributed by atoms with Crippen LogP contribution in [0, 0.1) is 0 Å². The molecule has 0 saturated carbocycles. The zero-order chi connectivity index (χ0) is 21.5. The van der Waals surface area contributed by atoms with Crippen LogP contribution < -0.4 is 19.5 Å². The van der Waals surface area contributed by atoms with Crippen LogP contribution in [0.25, 0.3) is 0 Å². The number of Topliss-reactive ketones (excluding diaryl/α,β-unsaturated/α-hetero) is 1. The van der Waals surface area contributed by atoms with E-state index in [0.29, 0.717) is 36.0 Å². The summed E-state index contributed by atoms with van der Waals surface area (Å²) in [4.78, 5) is 18.9. The highest BCUT2D eigenvalue weighted by Gasteiger charge is 2.40. The Bertz CT molecular complexity index is 1140. The van der Waals surface area contributed by atoms with Gasteiger partial charge in [-0.05, 0) is 41.5 Å². The lowest BCUT2D eigenvalue weighted by Gasteiger charge is -2.34. The topological polar surface area (TPSA) is 87.5 Å². The third-order valence-electron chi connectivity index (χ3n) is 5.83. The molecule has 31 heavy (non-hydrogen) atoms. The minimum Gasteiger partial charge on any atom is -0.493 e. The summed E-state index contributed by atoms with van der Waals surface area (Å²) in [6.45, 7) is 0. The molecule has 0 bridgehead atoms. The average molecular weight is 439 g/mol. The molecule has 1 aromatic carbocycles. The van der Waals surface area contributed by atoms with Crippen molar-refractivity contribution in [3.05, 3.63) is 57.7 Å². The molecule has 5 rings (SSSR count). The van der Waals surface area contributed by atoms with Crippen LogP contribution in [0.15, 0.2) is 47.2 Å². The van der Waals surface area contributed by atoms with Gasteiger partial charge in [0.1, 0.15) is 12.4 Å². The van der Waals surface area contributed by atoms with Crippen molar-refractivity contribution in [1.29, 1.82) is 0 Å². The van der Waals surface area contributed by atoms with Crippen LogP contribution in [-0.2, 0) is 4.79 Å². The van der Waals surface area contributed by atoms with E-state index in [0.717, 1.165) is 21.7 Å². The number of carbonyl (C=O) groups is 1. The smallest absolute Gasteiger partial charge is 0.226 e. The number of aromatic nitrogens is 3. The number of anilines is 1. The van der Waals surface area contributed by atoms with Crippen molar-refractivity contribution >= 4 is 23.1 Å². The van der Waals surface area contributed by atoms with E-state index in [-0.39, 0.29) is 17.7 Å². The van der Waals surface area contributed by atoms with Gasteiger partial charge in [0, 0.05) is 22.6 Å². The molecule has 0 spiro atoms. The predicted octanol–water partition coefficient (Wildman–Crippen LogP) is 3.78. The van der Waals surface area contributed by atoms with Gasteiger partial charge < -0.3 is 19.5 Å². The number of nitrogens with zero attached hydrogens (tertiary/aromatic N) is 3. The van der Waals surface area contributed by atoms with Gasteiger partial charge in [-0.15, -0.1) is 11.3 Å². The molecule has 1 aliphatic carbocycles. The van der Waals surface area contributed by atoms with Crippen LogP contribution in [0.3, 0.4) is 0 Å². The summed E-state index contributed by atoms with van der Waals surface area (Å²) >= 11 is 1.62. The lowest BCUT2D eigenvalue weighted by molar-refractivity contribution is -0.116. The first-order valence-corrected chi connectivity index (χ1v) is 10.8. The Hall–Kier alpha value is -3.33. The second-order valence-corrected chi connectivity index (χ2v) is 8.43. The number of thiophene rings is 1. The van der Waals surface area contributed by atoms with Crippen molar-refractivity contribution in [3.63, 3.8) is 0 Å². The van der Waals surface area contributed by atoms with Crippen molar-refractivity contribution in [2.24, 2.45) is 0 Å². The van der Waals surface area contributed by atoms with E-state index in [1.807, 2.05) is 29.6 Å². The average Bonchev–Trinajstić information content (AvgIpc) is 3.48. The van der Waals surface area contributed by atoms with E-state index < -0.39 is 0 Å². The number of allylic oxidation sites excluding steroid dienone is 2. The molecule has 9 heteroatoms. The maximum Gasteiger partial charge on any atom is 0.226 e. The van der Waals surface area contributed by atoms with Crippen LogP contribution in [-0.4, -0.2) is 41.9 Å². The lowest BCUT2D eigenvalue weighted by atomic mass is 9.78. The van der Waals surface area contributed by atoms with Crippen molar-refractivity contribution in [2.75, 3.05) is 26.6 Å². The van der Waals surface area contributed by atoms with Gasteiger partial charge in [-0.1, -0.05) is 6.07 Å². The molecule has 0 amide bonds. The fourth-order valence-electron chi connectivity index (χ4n) is 4.43. The van der Waals surface area contributed by atoms with Crippen LogP contribution in [0.5, 0.6) is 17.2 Å². The molecular formula is C22H22N4O4S. The predicted molar refractivity (Wildman–Crippen MR) is 116 cm³/mol. The van der Waals surface area contributed by atoms with Gasteiger partial charge in [0.25, 0.3) is 0 Å². The monoisotopic (exact) mass is 438 g/mol. The molecule has 3 aromatic rings. The highest BCUT2D eigenvalue weighted by Crippen LogP contribution is 2.47. The third-order valence-corrected chi connectivity index (χ3v) is 6.76. The number of rotatable bonds is 5. The maximum atomic E-state index is 13.4. The number of hydrogen-bond donors (Lipinski definition) is 1. The van der Waals surface area contributed by atoms with Crippen molar-refractivity contribution in [2.45, 2.75) is 24.8 Å². The van der Waals surface area contributed by atoms with Crippen molar-refractivity contribution in [1.82, 2.24) is 14.8 Å². The summed E-state index contributed by atoms with van der Waals surface area (Å²) in [5.41, 5.74) is 2.63. The molecule has 0 saturated heterocycles.